The highest BCUT2D eigenvalue weighted by Crippen LogP contribution is 2.46. The lowest BCUT2D eigenvalue weighted by molar-refractivity contribution is -0.355. The highest BCUT2D eigenvalue weighted by molar-refractivity contribution is 6.23. The van der Waals surface area contributed by atoms with Crippen molar-refractivity contribution >= 4 is 34.7 Å². The first-order valence-electron chi connectivity index (χ1n) is 13.0. The van der Waals surface area contributed by atoms with Crippen molar-refractivity contribution in [3.63, 3.8) is 0 Å². The molecule has 39 heavy (non-hydrogen) atoms. The first-order valence-corrected chi connectivity index (χ1v) is 13.0. The van der Waals surface area contributed by atoms with Crippen molar-refractivity contribution in [1.29, 1.82) is 0 Å². The molecule has 0 heterocycles. The van der Waals surface area contributed by atoms with Crippen LogP contribution in [0.3, 0.4) is 0 Å². The summed E-state index contributed by atoms with van der Waals surface area (Å²) in [6, 6.07) is 4.67. The molecule has 1 aromatic rings. The molecule has 0 bridgehead atoms. The molecule has 3 unspecified atom stereocenters. The minimum Gasteiger partial charge on any atom is -0.461 e. The van der Waals surface area contributed by atoms with Gasteiger partial charge in [-0.15, -0.1) is 0 Å². The lowest BCUT2D eigenvalue weighted by Gasteiger charge is -2.29. The predicted octanol–water partition coefficient (Wildman–Crippen LogP) is 1.57. The van der Waals surface area contributed by atoms with Gasteiger partial charge in [0.15, 0.2) is 11.5 Å². The monoisotopic (exact) mass is 550 g/mol. The summed E-state index contributed by atoms with van der Waals surface area (Å²) in [5, 5.41) is 3.39. The van der Waals surface area contributed by atoms with Crippen LogP contribution in [0.1, 0.15) is 62.7 Å². The number of hydrogen-bond donors (Lipinski definition) is 5. The van der Waals surface area contributed by atoms with E-state index in [1.807, 2.05) is 0 Å². The standard InChI is InChI=1S/C27H34F3N5O4/c1-26(2)10-20(23(21(36)11-26)24(32)27(28,29)30)34-15-3-4-18(25(33)38)19(9-15)35-16-5-13-7-17(8-14(13)6-16)39-22(37)12-31/h3-4,9,13-14,16-17,35H,5-8,10-12,31-32H2,1-2H3,(H2,33,38)/p+1/t13-,14?,16?,17?/m1/s1. The highest BCUT2D eigenvalue weighted by atomic mass is 19.4. The van der Waals surface area contributed by atoms with Gasteiger partial charge in [0.05, 0.1) is 17.8 Å². The maximum absolute atomic E-state index is 13.5. The summed E-state index contributed by atoms with van der Waals surface area (Å²) < 4.78 is 45.8. The average molecular weight is 551 g/mol. The zero-order valence-electron chi connectivity index (χ0n) is 22.0. The molecule has 0 aliphatic heterocycles. The van der Waals surface area contributed by atoms with Crippen molar-refractivity contribution < 1.29 is 37.3 Å². The number of fused-ring (bicyclic) bond motifs is 1. The third-order valence-corrected chi connectivity index (χ3v) is 7.83. The molecule has 0 spiro atoms. The Kier molecular flexibility index (Phi) is 7.79. The maximum Gasteiger partial charge on any atom is 0.431 e. The van der Waals surface area contributed by atoms with E-state index in [0.29, 0.717) is 23.2 Å². The number of primary amides is 1. The lowest BCUT2D eigenvalue weighted by Crippen LogP contribution is -2.69. The lowest BCUT2D eigenvalue weighted by atomic mass is 9.73. The molecule has 9 nitrogen and oxygen atoms in total. The number of carbonyl (C=O) groups is 3. The molecule has 0 radical (unpaired) electrons. The SMILES string of the molecule is CC1(C)CC(=O)C(=C(N)C(F)(F)F)C(=[NH+]c2ccc(C(N)=O)c(NC3CC4CC(OC(=O)CN)C[C@H]4C3)c2)C1. The number of nitrogens with one attached hydrogen (secondary N) is 2. The van der Waals surface area contributed by atoms with E-state index < -0.39 is 40.5 Å². The summed E-state index contributed by atoms with van der Waals surface area (Å²) in [7, 11) is 0. The van der Waals surface area contributed by atoms with Crippen LogP contribution in [0.2, 0.25) is 0 Å². The molecule has 1 aromatic carbocycles. The molecule has 4 atom stereocenters. The summed E-state index contributed by atoms with van der Waals surface area (Å²) in [5.74, 6) is -1.05. The van der Waals surface area contributed by atoms with Crippen LogP contribution in [0.5, 0.6) is 0 Å². The Labute approximate surface area is 224 Å². The van der Waals surface area contributed by atoms with Gasteiger partial charge in [-0.3, -0.25) is 14.4 Å². The van der Waals surface area contributed by atoms with E-state index in [0.717, 1.165) is 25.7 Å². The van der Waals surface area contributed by atoms with Crippen molar-refractivity contribution in [2.24, 2.45) is 34.5 Å². The number of allylic oxidation sites excluding steroid dienone is 2. The van der Waals surface area contributed by atoms with E-state index in [-0.39, 0.29) is 42.8 Å². The Bertz CT molecular complexity index is 1230. The number of rotatable bonds is 6. The van der Waals surface area contributed by atoms with Gasteiger partial charge < -0.3 is 27.3 Å². The summed E-state index contributed by atoms with van der Waals surface area (Å²) >= 11 is 0. The van der Waals surface area contributed by atoms with Crippen molar-refractivity contribution in [3.05, 3.63) is 35.0 Å². The molecule has 0 saturated heterocycles. The fourth-order valence-electron chi connectivity index (χ4n) is 6.24. The molecule has 3 aliphatic carbocycles. The van der Waals surface area contributed by atoms with Crippen LogP contribution in [0.4, 0.5) is 24.5 Å². The number of esters is 1. The Morgan fingerprint density at radius 3 is 2.31 bits per heavy atom. The second-order valence-electron chi connectivity index (χ2n) is 11.6. The van der Waals surface area contributed by atoms with Gasteiger partial charge in [0, 0.05) is 31.0 Å². The molecule has 1 amide bonds. The molecule has 3 saturated carbocycles. The zero-order valence-corrected chi connectivity index (χ0v) is 22.0. The van der Waals surface area contributed by atoms with E-state index in [2.05, 4.69) is 10.3 Å². The molecule has 3 aliphatic rings. The highest BCUT2D eigenvalue weighted by Gasteiger charge is 2.45. The number of carbonyl (C=O) groups excluding carboxylic acids is 3. The molecule has 8 N–H and O–H groups in total. The smallest absolute Gasteiger partial charge is 0.431 e. The number of ether oxygens (including phenoxy) is 1. The Balaban J connectivity index is 1.59. The fourth-order valence-corrected chi connectivity index (χ4v) is 6.24. The van der Waals surface area contributed by atoms with Gasteiger partial charge in [0.2, 0.25) is 5.69 Å². The number of Topliss-reactive ketones (excluding diaryl/α,β-unsaturated/α-hetero) is 1. The Morgan fingerprint density at radius 1 is 1.10 bits per heavy atom. The molecule has 12 heteroatoms. The van der Waals surface area contributed by atoms with E-state index in [1.54, 1.807) is 19.9 Å². The number of halogens is 3. The third kappa shape index (κ3) is 6.43. The van der Waals surface area contributed by atoms with Crippen molar-refractivity contribution in [1.82, 2.24) is 0 Å². The fraction of sp³-hybridized carbons (Fsp3) is 0.556. The largest absolute Gasteiger partial charge is 0.461 e. The van der Waals surface area contributed by atoms with Gasteiger partial charge in [-0.2, -0.15) is 13.2 Å². The zero-order chi connectivity index (χ0) is 28.7. The average Bonchev–Trinajstić information content (AvgIpc) is 3.34. The summed E-state index contributed by atoms with van der Waals surface area (Å²) in [5.41, 5.74) is 15.0. The number of anilines is 1. The van der Waals surface area contributed by atoms with Crippen LogP contribution < -0.4 is 27.5 Å². The van der Waals surface area contributed by atoms with Gasteiger partial charge in [-0.05, 0) is 49.0 Å². The Morgan fingerprint density at radius 2 is 1.74 bits per heavy atom. The van der Waals surface area contributed by atoms with Crippen LogP contribution in [-0.4, -0.2) is 48.2 Å². The van der Waals surface area contributed by atoms with Crippen LogP contribution in [0, 0.1) is 17.3 Å². The molecule has 4 rings (SSSR count). The van der Waals surface area contributed by atoms with E-state index in [4.69, 9.17) is 21.9 Å². The maximum atomic E-state index is 13.5. The molecule has 0 aromatic heterocycles. The van der Waals surface area contributed by atoms with Crippen molar-refractivity contribution in [2.75, 3.05) is 11.9 Å². The number of ketones is 1. The number of nitrogens with two attached hydrogens (primary N) is 3. The Hall–Kier alpha value is -3.41. The molecular weight excluding hydrogens is 515 g/mol. The molecular formula is C27H35F3N5O4+. The predicted molar refractivity (Wildman–Crippen MR) is 138 cm³/mol. The first-order chi connectivity index (χ1) is 18.2. The molecule has 212 valence electrons. The van der Waals surface area contributed by atoms with Gasteiger partial charge in [0.1, 0.15) is 17.4 Å². The topological polar surface area (TPSA) is 165 Å². The molecule has 3 fully saturated rings. The number of alkyl halides is 3. The summed E-state index contributed by atoms with van der Waals surface area (Å²) in [6.45, 7) is 3.45. The number of hydrogen-bond acceptors (Lipinski definition) is 7. The normalized spacial score (nSPS) is 28.8. The van der Waals surface area contributed by atoms with E-state index in [1.165, 1.54) is 12.1 Å². The van der Waals surface area contributed by atoms with Crippen molar-refractivity contribution in [2.45, 2.75) is 70.7 Å². The van der Waals surface area contributed by atoms with Crippen LogP contribution in [0.15, 0.2) is 29.5 Å². The summed E-state index contributed by atoms with van der Waals surface area (Å²) in [6.07, 6.45) is -1.80. The second-order valence-corrected chi connectivity index (χ2v) is 11.6. The quantitative estimate of drug-likeness (QED) is 0.265. The van der Waals surface area contributed by atoms with E-state index >= 15 is 0 Å². The van der Waals surface area contributed by atoms with Crippen LogP contribution in [-0.2, 0) is 14.3 Å². The number of benzene rings is 1. The number of amides is 1. The van der Waals surface area contributed by atoms with Gasteiger partial charge in [-0.1, -0.05) is 13.8 Å². The van der Waals surface area contributed by atoms with Gasteiger partial charge in [0.25, 0.3) is 5.91 Å². The second kappa shape index (κ2) is 10.6. The minimum absolute atomic E-state index is 0.0266. The van der Waals surface area contributed by atoms with E-state index in [9.17, 15) is 27.6 Å². The van der Waals surface area contributed by atoms with Gasteiger partial charge in [-0.25, -0.2) is 4.99 Å². The van der Waals surface area contributed by atoms with Crippen molar-refractivity contribution in [3.8, 4) is 0 Å². The van der Waals surface area contributed by atoms with Crippen LogP contribution >= 0.6 is 0 Å². The van der Waals surface area contributed by atoms with Gasteiger partial charge >= 0.3 is 12.1 Å². The van der Waals surface area contributed by atoms with Crippen LogP contribution in [0.25, 0.3) is 0 Å². The summed E-state index contributed by atoms with van der Waals surface area (Å²) in [4.78, 5) is 39.4. The first kappa shape index (κ1) is 28.6. The minimum atomic E-state index is -4.86. The third-order valence-electron chi connectivity index (χ3n) is 7.83.